The third-order valence-corrected chi connectivity index (χ3v) is 5.14. The van der Waals surface area contributed by atoms with Crippen molar-refractivity contribution >= 4 is 58.1 Å². The van der Waals surface area contributed by atoms with Crippen LogP contribution in [0.25, 0.3) is 11.0 Å². The van der Waals surface area contributed by atoms with Crippen LogP contribution in [-0.2, 0) is 0 Å². The van der Waals surface area contributed by atoms with Crippen LogP contribution in [-0.4, -0.2) is 27.3 Å². The van der Waals surface area contributed by atoms with Gasteiger partial charge in [-0.2, -0.15) is 5.10 Å². The Balaban J connectivity index is 1.73. The fourth-order valence-electron chi connectivity index (χ4n) is 2.25. The molecule has 0 spiro atoms. The number of thioether (sulfide) groups is 1. The predicted octanol–water partition coefficient (Wildman–Crippen LogP) is 5.13. The lowest BCUT2D eigenvalue weighted by molar-refractivity contribution is 0.0955. The summed E-state index contributed by atoms with van der Waals surface area (Å²) < 4.78 is 0. The van der Waals surface area contributed by atoms with E-state index in [1.807, 2.05) is 6.07 Å². The minimum atomic E-state index is -0.325. The van der Waals surface area contributed by atoms with E-state index >= 15 is 0 Å². The molecule has 1 heterocycles. The van der Waals surface area contributed by atoms with Crippen molar-refractivity contribution in [2.75, 3.05) is 0 Å². The van der Waals surface area contributed by atoms with E-state index in [-0.39, 0.29) is 5.91 Å². The number of hydrogen-bond acceptors (Lipinski definition) is 4. The summed E-state index contributed by atoms with van der Waals surface area (Å²) in [6.45, 7) is 4.20. The Kier molecular flexibility index (Phi) is 5.86. The standard InChI is InChI=1S/C18H16Cl2N4OS/c1-10(2)26-18-22-14-7-6-11(8-15(14)23-18)17(25)24-21-9-12-4-3-5-13(19)16(12)20/h3-10H,1-2H3,(H,22,23)(H,24,25)/b21-9-. The number of H-pyrrole nitrogens is 1. The first-order valence-corrected chi connectivity index (χ1v) is 9.51. The maximum atomic E-state index is 12.3. The van der Waals surface area contributed by atoms with Crippen molar-refractivity contribution in [3.05, 3.63) is 57.6 Å². The van der Waals surface area contributed by atoms with Gasteiger partial charge in [0.15, 0.2) is 5.16 Å². The van der Waals surface area contributed by atoms with E-state index in [0.717, 1.165) is 16.2 Å². The van der Waals surface area contributed by atoms with E-state index in [9.17, 15) is 4.79 Å². The number of nitrogens with one attached hydrogen (secondary N) is 2. The van der Waals surface area contributed by atoms with Crippen LogP contribution in [0.15, 0.2) is 46.7 Å². The number of nitrogens with zero attached hydrogens (tertiary/aromatic N) is 2. The normalized spacial score (nSPS) is 11.6. The highest BCUT2D eigenvalue weighted by Crippen LogP contribution is 2.25. The van der Waals surface area contributed by atoms with Gasteiger partial charge in [-0.05, 0) is 24.3 Å². The highest BCUT2D eigenvalue weighted by atomic mass is 35.5. The Bertz CT molecular complexity index is 984. The average Bonchev–Trinajstić information content (AvgIpc) is 2.99. The fourth-order valence-corrected chi connectivity index (χ4v) is 3.37. The number of halogens is 2. The monoisotopic (exact) mass is 406 g/mol. The van der Waals surface area contributed by atoms with Gasteiger partial charge in [-0.1, -0.05) is 60.9 Å². The maximum absolute atomic E-state index is 12.3. The van der Waals surface area contributed by atoms with Crippen LogP contribution >= 0.6 is 35.0 Å². The highest BCUT2D eigenvalue weighted by molar-refractivity contribution is 7.99. The molecule has 26 heavy (non-hydrogen) atoms. The van der Waals surface area contributed by atoms with Gasteiger partial charge in [0, 0.05) is 16.4 Å². The second-order valence-corrected chi connectivity index (χ2v) is 8.13. The summed E-state index contributed by atoms with van der Waals surface area (Å²) in [6, 6.07) is 10.5. The van der Waals surface area contributed by atoms with Crippen LogP contribution < -0.4 is 5.43 Å². The fraction of sp³-hybridized carbons (Fsp3) is 0.167. The molecule has 0 saturated carbocycles. The number of hydrazone groups is 1. The highest BCUT2D eigenvalue weighted by Gasteiger charge is 2.10. The van der Waals surface area contributed by atoms with Crippen molar-refractivity contribution in [1.29, 1.82) is 0 Å². The number of aromatic amines is 1. The van der Waals surface area contributed by atoms with E-state index in [2.05, 4.69) is 34.3 Å². The Morgan fingerprint density at radius 2 is 2.12 bits per heavy atom. The minimum Gasteiger partial charge on any atom is -0.333 e. The minimum absolute atomic E-state index is 0.325. The lowest BCUT2D eigenvalue weighted by Gasteiger charge is -2.01. The van der Waals surface area contributed by atoms with Gasteiger partial charge >= 0.3 is 0 Å². The van der Waals surface area contributed by atoms with Gasteiger partial charge in [-0.3, -0.25) is 4.79 Å². The zero-order valence-corrected chi connectivity index (χ0v) is 16.4. The summed E-state index contributed by atoms with van der Waals surface area (Å²) in [5.74, 6) is -0.325. The van der Waals surface area contributed by atoms with Crippen molar-refractivity contribution < 1.29 is 4.79 Å². The number of aromatic nitrogens is 2. The van der Waals surface area contributed by atoms with Gasteiger partial charge in [0.25, 0.3) is 5.91 Å². The molecule has 0 aliphatic rings. The quantitative estimate of drug-likeness (QED) is 0.350. The smallest absolute Gasteiger partial charge is 0.271 e. The van der Waals surface area contributed by atoms with Crippen molar-refractivity contribution in [2.24, 2.45) is 5.10 Å². The SMILES string of the molecule is CC(C)Sc1nc2ccc(C(=O)N/N=C\c3cccc(Cl)c3Cl)cc2[nH]1. The Morgan fingerprint density at radius 3 is 2.88 bits per heavy atom. The second-order valence-electron chi connectivity index (χ2n) is 5.78. The molecule has 8 heteroatoms. The Morgan fingerprint density at radius 1 is 1.31 bits per heavy atom. The van der Waals surface area contributed by atoms with Crippen LogP contribution in [0, 0.1) is 0 Å². The summed E-state index contributed by atoms with van der Waals surface area (Å²) in [5, 5.41) is 6.03. The van der Waals surface area contributed by atoms with Crippen molar-refractivity contribution in [3.63, 3.8) is 0 Å². The van der Waals surface area contributed by atoms with Gasteiger partial charge in [0.1, 0.15) is 0 Å². The number of carbonyl (C=O) groups is 1. The molecular weight excluding hydrogens is 391 g/mol. The first kappa shape index (κ1) is 18.8. The molecule has 2 N–H and O–H groups in total. The lowest BCUT2D eigenvalue weighted by atomic mass is 10.2. The van der Waals surface area contributed by atoms with E-state index in [0.29, 0.717) is 26.4 Å². The van der Waals surface area contributed by atoms with Gasteiger partial charge < -0.3 is 4.98 Å². The summed E-state index contributed by atoms with van der Waals surface area (Å²) >= 11 is 13.7. The van der Waals surface area contributed by atoms with Crippen LogP contribution in [0.5, 0.6) is 0 Å². The molecule has 0 saturated heterocycles. The van der Waals surface area contributed by atoms with Gasteiger partial charge in [-0.25, -0.2) is 10.4 Å². The molecular formula is C18H16Cl2N4OS. The van der Waals surface area contributed by atoms with E-state index in [1.165, 1.54) is 6.21 Å². The summed E-state index contributed by atoms with van der Waals surface area (Å²) in [4.78, 5) is 20.0. The maximum Gasteiger partial charge on any atom is 0.271 e. The van der Waals surface area contributed by atoms with Crippen LogP contribution in [0.3, 0.4) is 0 Å². The Labute approximate surface area is 165 Å². The number of amides is 1. The molecule has 0 fully saturated rings. The third kappa shape index (κ3) is 4.38. The number of carbonyl (C=O) groups excluding carboxylic acids is 1. The van der Waals surface area contributed by atoms with Crippen LogP contribution in [0.2, 0.25) is 10.0 Å². The number of imidazole rings is 1. The van der Waals surface area contributed by atoms with Crippen LogP contribution in [0.4, 0.5) is 0 Å². The molecule has 1 amide bonds. The molecule has 0 radical (unpaired) electrons. The summed E-state index contributed by atoms with van der Waals surface area (Å²) in [6.07, 6.45) is 1.46. The molecule has 3 aromatic rings. The van der Waals surface area contributed by atoms with E-state index in [4.69, 9.17) is 23.2 Å². The van der Waals surface area contributed by atoms with Crippen molar-refractivity contribution in [3.8, 4) is 0 Å². The van der Waals surface area contributed by atoms with E-state index in [1.54, 1.807) is 42.1 Å². The molecule has 0 bridgehead atoms. The summed E-state index contributed by atoms with van der Waals surface area (Å²) in [7, 11) is 0. The largest absolute Gasteiger partial charge is 0.333 e. The first-order chi connectivity index (χ1) is 12.4. The van der Waals surface area contributed by atoms with Crippen molar-refractivity contribution in [1.82, 2.24) is 15.4 Å². The molecule has 5 nitrogen and oxygen atoms in total. The van der Waals surface area contributed by atoms with Crippen LogP contribution in [0.1, 0.15) is 29.8 Å². The number of fused-ring (bicyclic) bond motifs is 1. The van der Waals surface area contributed by atoms with Crippen molar-refractivity contribution in [2.45, 2.75) is 24.3 Å². The summed E-state index contributed by atoms with van der Waals surface area (Å²) in [5.41, 5.74) is 5.22. The molecule has 3 rings (SSSR count). The molecule has 0 atom stereocenters. The first-order valence-electron chi connectivity index (χ1n) is 7.88. The Hall–Kier alpha value is -2.02. The molecule has 134 valence electrons. The predicted molar refractivity (Wildman–Crippen MR) is 109 cm³/mol. The zero-order valence-electron chi connectivity index (χ0n) is 14.1. The van der Waals surface area contributed by atoms with Gasteiger partial charge in [-0.15, -0.1) is 0 Å². The van der Waals surface area contributed by atoms with E-state index < -0.39 is 0 Å². The third-order valence-electron chi connectivity index (χ3n) is 3.42. The second kappa shape index (κ2) is 8.12. The van der Waals surface area contributed by atoms with Gasteiger partial charge in [0.05, 0.1) is 27.3 Å². The lowest BCUT2D eigenvalue weighted by Crippen LogP contribution is -2.17. The van der Waals surface area contributed by atoms with Gasteiger partial charge in [0.2, 0.25) is 0 Å². The zero-order chi connectivity index (χ0) is 18.7. The molecule has 0 unspecified atom stereocenters. The molecule has 2 aromatic carbocycles. The number of rotatable bonds is 5. The molecule has 0 aliphatic heterocycles. The molecule has 0 aliphatic carbocycles. The topological polar surface area (TPSA) is 70.1 Å². The number of hydrogen-bond donors (Lipinski definition) is 2. The average molecular weight is 407 g/mol. The number of benzene rings is 2. The molecule has 1 aromatic heterocycles.